The summed E-state index contributed by atoms with van der Waals surface area (Å²) in [5, 5.41) is 2.61. The molecular weight excluding hydrogens is 527 g/mol. The smallest absolute Gasteiger partial charge is 0.416 e. The number of halogens is 3. The van der Waals surface area contributed by atoms with Gasteiger partial charge in [0.25, 0.3) is 0 Å². The fourth-order valence-electron chi connectivity index (χ4n) is 4.01. The number of hydrogen-bond acceptors (Lipinski definition) is 5. The van der Waals surface area contributed by atoms with E-state index in [9.17, 15) is 22.8 Å². The minimum atomic E-state index is -4.48. The summed E-state index contributed by atoms with van der Waals surface area (Å²) in [5.74, 6) is 1.45. The molecule has 0 radical (unpaired) electrons. The van der Waals surface area contributed by atoms with Crippen molar-refractivity contribution in [2.75, 3.05) is 32.6 Å². The molecule has 0 aliphatic carbocycles. The molecule has 0 spiro atoms. The van der Waals surface area contributed by atoms with Crippen LogP contribution in [0, 0.1) is 0 Å². The lowest BCUT2D eigenvalue weighted by Crippen LogP contribution is -2.48. The van der Waals surface area contributed by atoms with Crippen molar-refractivity contribution in [2.45, 2.75) is 45.5 Å². The number of hydrogen-bond donors (Lipinski definition) is 1. The molecule has 216 valence electrons. The van der Waals surface area contributed by atoms with E-state index in [2.05, 4.69) is 5.32 Å². The average molecular weight is 562 g/mol. The molecule has 1 atom stereocenters. The minimum absolute atomic E-state index is 0.194. The first-order chi connectivity index (χ1) is 19.0. The summed E-state index contributed by atoms with van der Waals surface area (Å²) in [6.07, 6.45) is -1.88. The van der Waals surface area contributed by atoms with Gasteiger partial charge in [-0.25, -0.2) is 4.79 Å². The van der Waals surface area contributed by atoms with Gasteiger partial charge in [0.1, 0.15) is 12.3 Å². The molecule has 1 aromatic heterocycles. The molecule has 0 fully saturated rings. The Kier molecular flexibility index (Phi) is 10.5. The fourth-order valence-corrected chi connectivity index (χ4v) is 4.01. The number of carbonyl (C=O) groups is 2. The van der Waals surface area contributed by atoms with Gasteiger partial charge < -0.3 is 29.0 Å². The summed E-state index contributed by atoms with van der Waals surface area (Å²) < 4.78 is 54.8. The van der Waals surface area contributed by atoms with Gasteiger partial charge in [0.15, 0.2) is 11.5 Å². The van der Waals surface area contributed by atoms with Crippen LogP contribution < -0.4 is 14.8 Å². The summed E-state index contributed by atoms with van der Waals surface area (Å²) in [7, 11) is 3.10. The van der Waals surface area contributed by atoms with E-state index in [1.807, 2.05) is 19.1 Å². The molecule has 40 heavy (non-hydrogen) atoms. The van der Waals surface area contributed by atoms with Crippen molar-refractivity contribution in [3.8, 4) is 11.5 Å². The number of urea groups is 1. The van der Waals surface area contributed by atoms with Crippen molar-refractivity contribution in [3.05, 3.63) is 77.7 Å². The van der Waals surface area contributed by atoms with Crippen LogP contribution in [0.3, 0.4) is 0 Å². The molecular formula is C29H34F3N3O5. The molecule has 0 saturated heterocycles. The van der Waals surface area contributed by atoms with Crippen LogP contribution in [0.1, 0.15) is 37.2 Å². The van der Waals surface area contributed by atoms with Gasteiger partial charge in [0, 0.05) is 18.3 Å². The number of methoxy groups -OCH3 is 2. The molecule has 2 aromatic carbocycles. The van der Waals surface area contributed by atoms with Gasteiger partial charge in [-0.3, -0.25) is 4.79 Å². The van der Waals surface area contributed by atoms with Crippen LogP contribution in [-0.2, 0) is 23.9 Å². The van der Waals surface area contributed by atoms with Gasteiger partial charge in [-0.15, -0.1) is 0 Å². The Labute approximate surface area is 231 Å². The maximum Gasteiger partial charge on any atom is 0.416 e. The monoisotopic (exact) mass is 561 g/mol. The zero-order valence-corrected chi connectivity index (χ0v) is 23.0. The maximum atomic E-state index is 13.5. The number of amides is 3. The summed E-state index contributed by atoms with van der Waals surface area (Å²) in [6.45, 7) is 4.00. The number of benzene rings is 2. The van der Waals surface area contributed by atoms with Crippen molar-refractivity contribution >= 4 is 17.6 Å². The van der Waals surface area contributed by atoms with Crippen molar-refractivity contribution in [3.63, 3.8) is 0 Å². The van der Waals surface area contributed by atoms with Gasteiger partial charge in [-0.05, 0) is 73.9 Å². The quantitative estimate of drug-likeness (QED) is 0.284. The van der Waals surface area contributed by atoms with Crippen molar-refractivity contribution < 1.29 is 36.7 Å². The van der Waals surface area contributed by atoms with E-state index in [0.717, 1.165) is 17.7 Å². The Bertz CT molecular complexity index is 1250. The molecule has 8 nitrogen and oxygen atoms in total. The summed E-state index contributed by atoms with van der Waals surface area (Å²) >= 11 is 0. The SMILES string of the molecule is CCC(C)N(CC(=O)N(CCc1ccc(OC)c(OC)c1)Cc1ccco1)C(=O)Nc1ccc(C(F)(F)F)cc1. The molecule has 3 amide bonds. The Morgan fingerprint density at radius 2 is 1.73 bits per heavy atom. The van der Waals surface area contributed by atoms with E-state index in [4.69, 9.17) is 13.9 Å². The molecule has 0 bridgehead atoms. The van der Waals surface area contributed by atoms with E-state index in [1.165, 1.54) is 23.3 Å². The van der Waals surface area contributed by atoms with Gasteiger partial charge in [-0.1, -0.05) is 13.0 Å². The van der Waals surface area contributed by atoms with E-state index in [1.54, 1.807) is 44.2 Å². The lowest BCUT2D eigenvalue weighted by atomic mass is 10.1. The summed E-state index contributed by atoms with van der Waals surface area (Å²) in [4.78, 5) is 29.7. The van der Waals surface area contributed by atoms with Crippen LogP contribution in [0.15, 0.2) is 65.3 Å². The number of furan rings is 1. The van der Waals surface area contributed by atoms with Crippen molar-refractivity contribution in [1.29, 1.82) is 0 Å². The first-order valence-electron chi connectivity index (χ1n) is 12.8. The van der Waals surface area contributed by atoms with E-state index < -0.39 is 17.8 Å². The molecule has 11 heteroatoms. The van der Waals surface area contributed by atoms with Crippen LogP contribution in [0.2, 0.25) is 0 Å². The zero-order chi connectivity index (χ0) is 29.3. The second-order valence-electron chi connectivity index (χ2n) is 9.22. The van der Waals surface area contributed by atoms with E-state index in [-0.39, 0.29) is 30.7 Å². The molecule has 1 heterocycles. The predicted molar refractivity (Wildman–Crippen MR) is 144 cm³/mol. The second-order valence-corrected chi connectivity index (χ2v) is 9.22. The standard InChI is InChI=1S/C29H34F3N3O5/c1-5-20(2)35(28(37)33-23-11-9-22(10-12-23)29(30,31)32)19-27(36)34(18-24-7-6-16-40-24)15-14-21-8-13-25(38-3)26(17-21)39-4/h6-13,16-17,20H,5,14-15,18-19H2,1-4H3,(H,33,37). The molecule has 1 N–H and O–H groups in total. The third-order valence-corrected chi connectivity index (χ3v) is 6.55. The van der Waals surface area contributed by atoms with Crippen LogP contribution >= 0.6 is 0 Å². The van der Waals surface area contributed by atoms with Gasteiger partial charge in [-0.2, -0.15) is 13.2 Å². The first-order valence-corrected chi connectivity index (χ1v) is 12.8. The zero-order valence-electron chi connectivity index (χ0n) is 23.0. The highest BCUT2D eigenvalue weighted by atomic mass is 19.4. The number of alkyl halides is 3. The maximum absolute atomic E-state index is 13.5. The Hall–Kier alpha value is -4.15. The topological polar surface area (TPSA) is 84.2 Å². The molecule has 0 saturated carbocycles. The number of nitrogens with one attached hydrogen (secondary N) is 1. The lowest BCUT2D eigenvalue weighted by Gasteiger charge is -2.31. The third kappa shape index (κ3) is 8.17. The molecule has 3 rings (SSSR count). The van der Waals surface area contributed by atoms with Crippen LogP contribution in [0.4, 0.5) is 23.7 Å². The van der Waals surface area contributed by atoms with E-state index in [0.29, 0.717) is 36.6 Å². The third-order valence-electron chi connectivity index (χ3n) is 6.55. The average Bonchev–Trinajstić information content (AvgIpc) is 3.46. The van der Waals surface area contributed by atoms with Gasteiger partial charge in [0.2, 0.25) is 5.91 Å². The number of rotatable bonds is 12. The Morgan fingerprint density at radius 3 is 2.30 bits per heavy atom. The fraction of sp³-hybridized carbons (Fsp3) is 0.379. The van der Waals surface area contributed by atoms with E-state index >= 15 is 0 Å². The highest BCUT2D eigenvalue weighted by Crippen LogP contribution is 2.30. The highest BCUT2D eigenvalue weighted by Gasteiger charge is 2.30. The van der Waals surface area contributed by atoms with Gasteiger partial charge >= 0.3 is 12.2 Å². The summed E-state index contributed by atoms with van der Waals surface area (Å²) in [6, 6.07) is 12.3. The minimum Gasteiger partial charge on any atom is -0.493 e. The number of nitrogens with zero attached hydrogens (tertiary/aromatic N) is 2. The lowest BCUT2D eigenvalue weighted by molar-refractivity contribution is -0.137. The number of ether oxygens (including phenoxy) is 2. The van der Waals surface area contributed by atoms with Crippen LogP contribution in [0.25, 0.3) is 0 Å². The number of anilines is 1. The second kappa shape index (κ2) is 13.8. The predicted octanol–water partition coefficient (Wildman–Crippen LogP) is 6.22. The van der Waals surface area contributed by atoms with Crippen LogP contribution in [0.5, 0.6) is 11.5 Å². The molecule has 1 unspecified atom stereocenters. The summed E-state index contributed by atoms with van der Waals surface area (Å²) in [5.41, 5.74) is 0.302. The Balaban J connectivity index is 1.75. The van der Waals surface area contributed by atoms with Crippen LogP contribution in [-0.4, -0.2) is 55.1 Å². The largest absolute Gasteiger partial charge is 0.493 e. The first kappa shape index (κ1) is 30.4. The molecule has 3 aromatic rings. The van der Waals surface area contributed by atoms with Crippen molar-refractivity contribution in [2.24, 2.45) is 0 Å². The highest BCUT2D eigenvalue weighted by molar-refractivity contribution is 5.92. The number of carbonyl (C=O) groups excluding carboxylic acids is 2. The van der Waals surface area contributed by atoms with Gasteiger partial charge in [0.05, 0.1) is 32.6 Å². The molecule has 0 aliphatic rings. The van der Waals surface area contributed by atoms with Crippen molar-refractivity contribution in [1.82, 2.24) is 9.80 Å². The normalized spacial score (nSPS) is 12.0. The Morgan fingerprint density at radius 1 is 1.02 bits per heavy atom. The molecule has 0 aliphatic heterocycles.